The van der Waals surface area contributed by atoms with E-state index in [9.17, 15) is 14.9 Å². The van der Waals surface area contributed by atoms with Gasteiger partial charge >= 0.3 is 5.97 Å². The molecule has 0 aromatic carbocycles. The van der Waals surface area contributed by atoms with Crippen molar-refractivity contribution in [2.75, 3.05) is 13.2 Å². The zero-order valence-corrected chi connectivity index (χ0v) is 10.4. The molecule has 0 saturated heterocycles. The summed E-state index contributed by atoms with van der Waals surface area (Å²) in [5.74, 6) is 1.36. The Kier molecular flexibility index (Phi) is 4.38. The minimum absolute atomic E-state index is 0.0177. The van der Waals surface area contributed by atoms with Gasteiger partial charge in [-0.3, -0.25) is 4.79 Å². The van der Waals surface area contributed by atoms with E-state index in [1.807, 2.05) is 0 Å². The molecule has 0 aromatic heterocycles. The van der Waals surface area contributed by atoms with E-state index in [2.05, 4.69) is 4.84 Å². The van der Waals surface area contributed by atoms with Crippen LogP contribution in [0.1, 0.15) is 38.5 Å². The summed E-state index contributed by atoms with van der Waals surface area (Å²) in [4.78, 5) is 25.8. The average Bonchev–Trinajstić information content (AvgIpc) is 2.87. The molecule has 0 bridgehead atoms. The molecule has 0 radical (unpaired) electrons. The molecular formula is C12H19NO5. The first-order chi connectivity index (χ1) is 8.66. The van der Waals surface area contributed by atoms with E-state index in [1.54, 1.807) is 0 Å². The highest BCUT2D eigenvalue weighted by atomic mass is 16.9. The second-order valence-electron chi connectivity index (χ2n) is 5.20. The van der Waals surface area contributed by atoms with E-state index >= 15 is 0 Å². The molecule has 0 N–H and O–H groups in total. The number of rotatable bonds is 6. The summed E-state index contributed by atoms with van der Waals surface area (Å²) in [6.07, 6.45) is 6.11. The van der Waals surface area contributed by atoms with Gasteiger partial charge in [-0.25, -0.2) is 0 Å². The smallest absolute Gasteiger partial charge is 0.308 e. The van der Waals surface area contributed by atoms with Crippen molar-refractivity contribution in [3.63, 3.8) is 0 Å². The predicted molar refractivity (Wildman–Crippen MR) is 62.1 cm³/mol. The van der Waals surface area contributed by atoms with Gasteiger partial charge < -0.3 is 9.57 Å². The van der Waals surface area contributed by atoms with Crippen LogP contribution in [0.5, 0.6) is 0 Å². The first kappa shape index (κ1) is 13.1. The van der Waals surface area contributed by atoms with Crippen molar-refractivity contribution < 1.29 is 19.5 Å². The molecule has 0 aliphatic heterocycles. The Morgan fingerprint density at radius 1 is 1.22 bits per heavy atom. The Labute approximate surface area is 106 Å². The Hall–Kier alpha value is -1.33. The van der Waals surface area contributed by atoms with E-state index in [1.165, 1.54) is 19.3 Å². The maximum absolute atomic E-state index is 11.8. The minimum atomic E-state index is -0.833. The van der Waals surface area contributed by atoms with E-state index in [0.29, 0.717) is 6.42 Å². The van der Waals surface area contributed by atoms with Gasteiger partial charge in [0.25, 0.3) is 5.09 Å². The third-order valence-corrected chi connectivity index (χ3v) is 4.05. The van der Waals surface area contributed by atoms with Crippen LogP contribution in [0.2, 0.25) is 0 Å². The second-order valence-corrected chi connectivity index (χ2v) is 5.20. The number of fused-ring (bicyclic) bond motifs is 1. The second kappa shape index (κ2) is 6.02. The monoisotopic (exact) mass is 257 g/mol. The normalized spacial score (nSPS) is 29.9. The van der Waals surface area contributed by atoms with Crippen molar-refractivity contribution in [2.45, 2.75) is 38.5 Å². The SMILES string of the molecule is O=C(OCCCO[N+](=O)[O-])C1C[C@H]2CCC[C@H]2C1. The summed E-state index contributed by atoms with van der Waals surface area (Å²) >= 11 is 0. The van der Waals surface area contributed by atoms with Crippen LogP contribution in [-0.4, -0.2) is 24.3 Å². The van der Waals surface area contributed by atoms with E-state index in [0.717, 1.165) is 24.7 Å². The molecule has 0 spiro atoms. The van der Waals surface area contributed by atoms with Crippen molar-refractivity contribution in [3.05, 3.63) is 10.1 Å². The molecule has 1 unspecified atom stereocenters. The summed E-state index contributed by atoms with van der Waals surface area (Å²) in [7, 11) is 0. The lowest BCUT2D eigenvalue weighted by Crippen LogP contribution is -2.17. The molecule has 2 aliphatic carbocycles. The molecule has 2 aliphatic rings. The van der Waals surface area contributed by atoms with Gasteiger partial charge in [-0.15, -0.1) is 10.1 Å². The Morgan fingerprint density at radius 2 is 1.89 bits per heavy atom. The summed E-state index contributed by atoms with van der Waals surface area (Å²) in [5.41, 5.74) is 0. The third-order valence-electron chi connectivity index (χ3n) is 4.05. The molecule has 102 valence electrons. The zero-order chi connectivity index (χ0) is 13.0. The summed E-state index contributed by atoms with van der Waals surface area (Å²) < 4.78 is 5.13. The fourth-order valence-electron chi connectivity index (χ4n) is 3.24. The molecule has 6 nitrogen and oxygen atoms in total. The van der Waals surface area contributed by atoms with Gasteiger partial charge in [0.1, 0.15) is 0 Å². The number of carbonyl (C=O) groups is 1. The van der Waals surface area contributed by atoms with Crippen LogP contribution < -0.4 is 0 Å². The molecular weight excluding hydrogens is 238 g/mol. The van der Waals surface area contributed by atoms with Crippen molar-refractivity contribution in [3.8, 4) is 0 Å². The highest BCUT2D eigenvalue weighted by molar-refractivity contribution is 5.72. The van der Waals surface area contributed by atoms with Crippen LogP contribution in [0.4, 0.5) is 0 Å². The van der Waals surface area contributed by atoms with Crippen LogP contribution in [0, 0.1) is 27.9 Å². The van der Waals surface area contributed by atoms with Crippen LogP contribution in [0.25, 0.3) is 0 Å². The molecule has 6 heteroatoms. The molecule has 2 fully saturated rings. The van der Waals surface area contributed by atoms with Gasteiger partial charge in [-0.1, -0.05) is 19.3 Å². The zero-order valence-electron chi connectivity index (χ0n) is 10.4. The lowest BCUT2D eigenvalue weighted by atomic mass is 10.0. The first-order valence-corrected chi connectivity index (χ1v) is 6.60. The Bertz CT molecular complexity index is 308. The standard InChI is InChI=1S/C12H19NO5/c14-12(17-5-2-6-18-13(15)16)11-7-9-3-1-4-10(9)8-11/h9-11H,1-8H2/t9-,10+,11?. The average molecular weight is 257 g/mol. The number of hydrogen-bond acceptors (Lipinski definition) is 5. The molecule has 0 heterocycles. The van der Waals surface area contributed by atoms with Crippen molar-refractivity contribution in [1.82, 2.24) is 0 Å². The lowest BCUT2D eigenvalue weighted by molar-refractivity contribution is -0.757. The Morgan fingerprint density at radius 3 is 2.50 bits per heavy atom. The topological polar surface area (TPSA) is 78.7 Å². The molecule has 18 heavy (non-hydrogen) atoms. The van der Waals surface area contributed by atoms with E-state index in [-0.39, 0.29) is 25.1 Å². The van der Waals surface area contributed by atoms with Gasteiger partial charge in [0.2, 0.25) is 0 Å². The van der Waals surface area contributed by atoms with Gasteiger partial charge in [-0.05, 0) is 24.7 Å². The maximum Gasteiger partial charge on any atom is 0.308 e. The number of nitrogens with zero attached hydrogens (tertiary/aromatic N) is 1. The van der Waals surface area contributed by atoms with E-state index in [4.69, 9.17) is 4.74 Å². The molecule has 3 atom stereocenters. The number of carbonyl (C=O) groups excluding carboxylic acids is 1. The first-order valence-electron chi connectivity index (χ1n) is 6.60. The summed E-state index contributed by atoms with van der Waals surface area (Å²) in [6.45, 7) is 0.189. The van der Waals surface area contributed by atoms with Crippen molar-refractivity contribution >= 4 is 5.97 Å². The largest absolute Gasteiger partial charge is 0.465 e. The van der Waals surface area contributed by atoms with Crippen LogP contribution in [-0.2, 0) is 14.4 Å². The van der Waals surface area contributed by atoms with Crippen LogP contribution in [0.3, 0.4) is 0 Å². The maximum atomic E-state index is 11.8. The van der Waals surface area contributed by atoms with Gasteiger partial charge in [0, 0.05) is 6.42 Å². The third kappa shape index (κ3) is 3.34. The molecule has 2 rings (SSSR count). The molecule has 0 aromatic rings. The van der Waals surface area contributed by atoms with Crippen molar-refractivity contribution in [2.24, 2.45) is 17.8 Å². The highest BCUT2D eigenvalue weighted by Crippen LogP contribution is 2.46. The highest BCUT2D eigenvalue weighted by Gasteiger charge is 2.40. The number of esters is 1. The van der Waals surface area contributed by atoms with Gasteiger partial charge in [0.15, 0.2) is 0 Å². The number of ether oxygens (including phenoxy) is 1. The fourth-order valence-corrected chi connectivity index (χ4v) is 3.24. The van der Waals surface area contributed by atoms with Crippen molar-refractivity contribution in [1.29, 1.82) is 0 Å². The summed E-state index contributed by atoms with van der Waals surface area (Å²) in [5, 5.41) is 9.06. The predicted octanol–water partition coefficient (Wildman–Crippen LogP) is 1.95. The fraction of sp³-hybridized carbons (Fsp3) is 0.917. The van der Waals surface area contributed by atoms with Crippen LogP contribution in [0.15, 0.2) is 0 Å². The van der Waals surface area contributed by atoms with Gasteiger partial charge in [0.05, 0.1) is 19.1 Å². The van der Waals surface area contributed by atoms with Gasteiger partial charge in [-0.2, -0.15) is 0 Å². The quantitative estimate of drug-likeness (QED) is 0.314. The minimum Gasteiger partial charge on any atom is -0.465 e. The number of hydrogen-bond donors (Lipinski definition) is 0. The van der Waals surface area contributed by atoms with E-state index < -0.39 is 5.09 Å². The van der Waals surface area contributed by atoms with Crippen LogP contribution >= 0.6 is 0 Å². The lowest BCUT2D eigenvalue weighted by Gasteiger charge is -2.10. The molecule has 2 saturated carbocycles. The summed E-state index contributed by atoms with van der Waals surface area (Å²) in [6, 6.07) is 0. The Balaban J connectivity index is 1.59. The molecule has 0 amide bonds.